The summed E-state index contributed by atoms with van der Waals surface area (Å²) in [7, 11) is 1.74. The van der Waals surface area contributed by atoms with Crippen LogP contribution in [0.15, 0.2) is 29.3 Å². The highest BCUT2D eigenvalue weighted by atomic mass is 14.6. The van der Waals surface area contributed by atoms with Gasteiger partial charge in [0.1, 0.15) is 0 Å². The second kappa shape index (κ2) is 5.29. The van der Waals surface area contributed by atoms with Crippen molar-refractivity contribution in [3.05, 3.63) is 24.3 Å². The summed E-state index contributed by atoms with van der Waals surface area (Å²) in [6, 6.07) is 0. The largest absolute Gasteiger partial charge is 0.296 e. The molecule has 0 aliphatic rings. The van der Waals surface area contributed by atoms with E-state index in [9.17, 15) is 0 Å². The molecule has 0 bridgehead atoms. The smallest absolute Gasteiger partial charge is 0.0277 e. The van der Waals surface area contributed by atoms with Gasteiger partial charge in [-0.1, -0.05) is 25.7 Å². The van der Waals surface area contributed by atoms with Gasteiger partial charge < -0.3 is 0 Å². The normalized spacial score (nSPS) is 11.3. The predicted molar refractivity (Wildman–Crippen MR) is 43.0 cm³/mol. The van der Waals surface area contributed by atoms with E-state index in [1.807, 2.05) is 6.08 Å². The quantitative estimate of drug-likeness (QED) is 0.403. The Bertz CT molecular complexity index is 132. The van der Waals surface area contributed by atoms with E-state index in [0.717, 1.165) is 12.0 Å². The summed E-state index contributed by atoms with van der Waals surface area (Å²) in [5.41, 5.74) is 0.958. The summed E-state index contributed by atoms with van der Waals surface area (Å²) in [5.74, 6) is 0. The van der Waals surface area contributed by atoms with Crippen molar-refractivity contribution in [3.8, 4) is 0 Å². The van der Waals surface area contributed by atoms with Gasteiger partial charge in [-0.15, -0.1) is 0 Å². The fourth-order valence-corrected chi connectivity index (χ4v) is 0.478. The molecule has 0 atom stereocenters. The van der Waals surface area contributed by atoms with Gasteiger partial charge in [-0.2, -0.15) is 0 Å². The number of hydrogen-bond donors (Lipinski definition) is 0. The molecule has 0 spiro atoms. The van der Waals surface area contributed by atoms with Gasteiger partial charge in [0.05, 0.1) is 0 Å². The molecule has 0 aromatic carbocycles. The van der Waals surface area contributed by atoms with E-state index in [1.54, 1.807) is 13.3 Å². The first-order valence-corrected chi connectivity index (χ1v) is 3.09. The number of nitrogens with zero attached hydrogens (tertiary/aromatic N) is 1. The Morgan fingerprint density at radius 3 is 2.78 bits per heavy atom. The van der Waals surface area contributed by atoms with E-state index >= 15 is 0 Å². The van der Waals surface area contributed by atoms with E-state index < -0.39 is 0 Å². The molecule has 0 saturated heterocycles. The summed E-state index contributed by atoms with van der Waals surface area (Å²) < 4.78 is 0. The van der Waals surface area contributed by atoms with Crippen LogP contribution in [0.25, 0.3) is 0 Å². The average molecular weight is 123 g/mol. The zero-order chi connectivity index (χ0) is 7.11. The van der Waals surface area contributed by atoms with Gasteiger partial charge in [0.2, 0.25) is 0 Å². The summed E-state index contributed by atoms with van der Waals surface area (Å²) in [4.78, 5) is 3.81. The van der Waals surface area contributed by atoms with Crippen LogP contribution in [0.3, 0.4) is 0 Å². The Morgan fingerprint density at radius 2 is 2.33 bits per heavy atom. The van der Waals surface area contributed by atoms with Gasteiger partial charge >= 0.3 is 0 Å². The monoisotopic (exact) mass is 123 g/mol. The van der Waals surface area contributed by atoms with E-state index in [0.29, 0.717) is 0 Å². The first kappa shape index (κ1) is 8.15. The van der Waals surface area contributed by atoms with E-state index in [4.69, 9.17) is 0 Å². The van der Waals surface area contributed by atoms with Crippen LogP contribution in [0.2, 0.25) is 0 Å². The van der Waals surface area contributed by atoms with Crippen LogP contribution in [0.1, 0.15) is 13.3 Å². The van der Waals surface area contributed by atoms with Gasteiger partial charge in [-0.05, 0) is 12.0 Å². The Labute approximate surface area is 56.8 Å². The highest BCUT2D eigenvalue weighted by Gasteiger charge is 1.75. The van der Waals surface area contributed by atoms with Crippen molar-refractivity contribution in [1.29, 1.82) is 0 Å². The zero-order valence-electron chi connectivity index (χ0n) is 6.09. The lowest BCUT2D eigenvalue weighted by atomic mass is 10.3. The van der Waals surface area contributed by atoms with Crippen LogP contribution in [-0.2, 0) is 0 Å². The number of allylic oxidation sites excluding steroid dienone is 3. The molecule has 0 unspecified atom stereocenters. The summed E-state index contributed by atoms with van der Waals surface area (Å²) in [6.07, 6.45) is 6.82. The van der Waals surface area contributed by atoms with Crippen molar-refractivity contribution in [2.45, 2.75) is 13.3 Å². The standard InChI is InChI=1S/C8H13N/c1-4-5-6-8(2)7-9-3/h5-7H,2,4H2,1,3H3/b6-5-,9-7-. The predicted octanol–water partition coefficient (Wildman–Crippen LogP) is 2.21. The fourth-order valence-electron chi connectivity index (χ4n) is 0.478. The van der Waals surface area contributed by atoms with Gasteiger partial charge in [-0.3, -0.25) is 4.99 Å². The molecule has 0 radical (unpaired) electrons. The Kier molecular flexibility index (Phi) is 4.79. The number of aliphatic imine (C=N–C) groups is 1. The van der Waals surface area contributed by atoms with Gasteiger partial charge in [0, 0.05) is 13.3 Å². The molecular weight excluding hydrogens is 110 g/mol. The summed E-state index contributed by atoms with van der Waals surface area (Å²) >= 11 is 0. The molecule has 0 fully saturated rings. The lowest BCUT2D eigenvalue weighted by Crippen LogP contribution is -1.74. The van der Waals surface area contributed by atoms with Crippen molar-refractivity contribution in [3.63, 3.8) is 0 Å². The molecule has 0 aromatic rings. The Morgan fingerprint density at radius 1 is 1.67 bits per heavy atom. The first-order valence-electron chi connectivity index (χ1n) is 3.09. The van der Waals surface area contributed by atoms with Crippen molar-refractivity contribution >= 4 is 6.21 Å². The van der Waals surface area contributed by atoms with E-state index in [1.165, 1.54) is 0 Å². The van der Waals surface area contributed by atoms with Gasteiger partial charge in [0.15, 0.2) is 0 Å². The highest BCUT2D eigenvalue weighted by molar-refractivity contribution is 5.81. The third-order valence-corrected chi connectivity index (χ3v) is 0.863. The van der Waals surface area contributed by atoms with Crippen LogP contribution < -0.4 is 0 Å². The molecule has 50 valence electrons. The van der Waals surface area contributed by atoms with Crippen molar-refractivity contribution in [1.82, 2.24) is 0 Å². The third-order valence-electron chi connectivity index (χ3n) is 0.863. The van der Waals surface area contributed by atoms with Crippen LogP contribution in [0.5, 0.6) is 0 Å². The molecular formula is C8H13N. The maximum Gasteiger partial charge on any atom is 0.0277 e. The zero-order valence-corrected chi connectivity index (χ0v) is 6.09. The molecule has 0 rings (SSSR count). The topological polar surface area (TPSA) is 12.4 Å². The second-order valence-electron chi connectivity index (χ2n) is 1.77. The average Bonchev–Trinajstić information content (AvgIpc) is 1.85. The molecule has 0 saturated carbocycles. The van der Waals surface area contributed by atoms with Crippen LogP contribution in [0, 0.1) is 0 Å². The molecule has 1 nitrogen and oxygen atoms in total. The molecule has 0 N–H and O–H groups in total. The molecule has 0 aliphatic carbocycles. The highest BCUT2D eigenvalue weighted by Crippen LogP contribution is 1.89. The van der Waals surface area contributed by atoms with E-state index in [2.05, 4.69) is 24.6 Å². The minimum absolute atomic E-state index is 0.958. The molecule has 0 aromatic heterocycles. The number of rotatable bonds is 3. The molecule has 9 heavy (non-hydrogen) atoms. The van der Waals surface area contributed by atoms with Gasteiger partial charge in [-0.25, -0.2) is 0 Å². The minimum atomic E-state index is 0.958. The van der Waals surface area contributed by atoms with Crippen molar-refractivity contribution in [2.24, 2.45) is 4.99 Å². The van der Waals surface area contributed by atoms with Crippen LogP contribution in [-0.4, -0.2) is 13.3 Å². The maximum absolute atomic E-state index is 3.81. The molecule has 0 amide bonds. The Hall–Kier alpha value is -0.850. The fraction of sp³-hybridized carbons (Fsp3) is 0.375. The first-order chi connectivity index (χ1) is 4.31. The third kappa shape index (κ3) is 5.01. The minimum Gasteiger partial charge on any atom is -0.296 e. The van der Waals surface area contributed by atoms with Gasteiger partial charge in [0.25, 0.3) is 0 Å². The Balaban J connectivity index is 3.63. The number of hydrogen-bond acceptors (Lipinski definition) is 1. The lowest BCUT2D eigenvalue weighted by Gasteiger charge is -1.83. The molecule has 1 heteroatoms. The molecule has 0 aliphatic heterocycles. The van der Waals surface area contributed by atoms with Crippen LogP contribution in [0.4, 0.5) is 0 Å². The SMILES string of the molecule is C=C(/C=C\CC)/C=N\C. The lowest BCUT2D eigenvalue weighted by molar-refractivity contribution is 1.22. The molecule has 0 heterocycles. The van der Waals surface area contributed by atoms with Crippen molar-refractivity contribution in [2.75, 3.05) is 7.05 Å². The second-order valence-corrected chi connectivity index (χ2v) is 1.77. The van der Waals surface area contributed by atoms with Crippen LogP contribution >= 0.6 is 0 Å². The van der Waals surface area contributed by atoms with Crippen molar-refractivity contribution < 1.29 is 0 Å². The summed E-state index contributed by atoms with van der Waals surface area (Å²) in [6.45, 7) is 5.84. The maximum atomic E-state index is 3.81. The summed E-state index contributed by atoms with van der Waals surface area (Å²) in [5, 5.41) is 0. The van der Waals surface area contributed by atoms with E-state index in [-0.39, 0.29) is 0 Å².